The van der Waals surface area contributed by atoms with Crippen molar-refractivity contribution >= 4 is 11.6 Å². The third kappa shape index (κ3) is 2.41. The number of hydrogen-bond acceptors (Lipinski definition) is 1. The van der Waals surface area contributed by atoms with Crippen molar-refractivity contribution in [3.63, 3.8) is 0 Å². The maximum Gasteiger partial charge on any atom is 0.227 e. The van der Waals surface area contributed by atoms with Gasteiger partial charge in [0.1, 0.15) is 0 Å². The molecule has 0 N–H and O–H groups in total. The van der Waals surface area contributed by atoms with Gasteiger partial charge in [0, 0.05) is 24.6 Å². The lowest BCUT2D eigenvalue weighted by molar-refractivity contribution is -0.117. The van der Waals surface area contributed by atoms with Crippen molar-refractivity contribution in [1.82, 2.24) is 0 Å². The molecule has 90 valence electrons. The summed E-state index contributed by atoms with van der Waals surface area (Å²) in [6.07, 6.45) is 4.62. The highest BCUT2D eigenvalue weighted by molar-refractivity contribution is 5.96. The van der Waals surface area contributed by atoms with E-state index in [0.29, 0.717) is 12.3 Å². The van der Waals surface area contributed by atoms with Crippen LogP contribution in [0.2, 0.25) is 0 Å². The third-order valence-corrected chi connectivity index (χ3v) is 3.29. The number of hydrogen-bond donors (Lipinski definition) is 0. The maximum absolute atomic E-state index is 12.0. The Kier molecular flexibility index (Phi) is 3.62. The van der Waals surface area contributed by atoms with Crippen LogP contribution in [0.4, 0.5) is 5.69 Å². The van der Waals surface area contributed by atoms with E-state index in [1.165, 1.54) is 5.56 Å². The molecule has 0 bridgehead atoms. The van der Waals surface area contributed by atoms with E-state index in [1.54, 1.807) is 0 Å². The SMILES string of the molecule is C=CC1CC(=O)N(c2ccccc2CCC)C1. The van der Waals surface area contributed by atoms with Crippen LogP contribution >= 0.6 is 0 Å². The number of nitrogens with zero attached hydrogens (tertiary/aromatic N) is 1. The molecule has 1 aromatic carbocycles. The first-order valence-electron chi connectivity index (χ1n) is 6.27. The fourth-order valence-corrected chi connectivity index (χ4v) is 2.38. The first-order chi connectivity index (χ1) is 8.26. The second-order valence-electron chi connectivity index (χ2n) is 4.58. The molecule has 1 unspecified atom stereocenters. The predicted molar refractivity (Wildman–Crippen MR) is 71.1 cm³/mol. The Bertz CT molecular complexity index is 425. The molecule has 1 aliphatic heterocycles. The molecular formula is C15H19NO. The summed E-state index contributed by atoms with van der Waals surface area (Å²) >= 11 is 0. The number of carbonyl (C=O) groups is 1. The highest BCUT2D eigenvalue weighted by Gasteiger charge is 2.29. The van der Waals surface area contributed by atoms with Gasteiger partial charge in [0.25, 0.3) is 0 Å². The number of rotatable bonds is 4. The average molecular weight is 229 g/mol. The first kappa shape index (κ1) is 11.9. The molecule has 1 atom stereocenters. The molecule has 0 aromatic heterocycles. The molecule has 1 aromatic rings. The topological polar surface area (TPSA) is 20.3 Å². The minimum atomic E-state index is 0.221. The van der Waals surface area contributed by atoms with E-state index < -0.39 is 0 Å². The van der Waals surface area contributed by atoms with Gasteiger partial charge in [0.05, 0.1) is 0 Å². The maximum atomic E-state index is 12.0. The molecule has 17 heavy (non-hydrogen) atoms. The Morgan fingerprint density at radius 1 is 1.47 bits per heavy atom. The van der Waals surface area contributed by atoms with Crippen LogP contribution in [0.5, 0.6) is 0 Å². The van der Waals surface area contributed by atoms with Crippen molar-refractivity contribution in [3.05, 3.63) is 42.5 Å². The van der Waals surface area contributed by atoms with Gasteiger partial charge in [0.2, 0.25) is 5.91 Å². The Hall–Kier alpha value is -1.57. The number of carbonyl (C=O) groups excluding carboxylic acids is 1. The Morgan fingerprint density at radius 3 is 2.88 bits per heavy atom. The lowest BCUT2D eigenvalue weighted by Gasteiger charge is -2.20. The Morgan fingerprint density at radius 2 is 2.24 bits per heavy atom. The largest absolute Gasteiger partial charge is 0.312 e. The Labute approximate surface area is 103 Å². The second-order valence-corrected chi connectivity index (χ2v) is 4.58. The van der Waals surface area contributed by atoms with E-state index in [2.05, 4.69) is 19.6 Å². The van der Waals surface area contributed by atoms with Crippen LogP contribution in [0.1, 0.15) is 25.3 Å². The number of para-hydroxylation sites is 1. The van der Waals surface area contributed by atoms with Crippen molar-refractivity contribution in [2.75, 3.05) is 11.4 Å². The highest BCUT2D eigenvalue weighted by Crippen LogP contribution is 2.29. The minimum absolute atomic E-state index is 0.221. The zero-order valence-corrected chi connectivity index (χ0v) is 10.4. The summed E-state index contributed by atoms with van der Waals surface area (Å²) in [5, 5.41) is 0. The van der Waals surface area contributed by atoms with E-state index in [0.717, 1.165) is 25.1 Å². The van der Waals surface area contributed by atoms with Crippen molar-refractivity contribution in [2.45, 2.75) is 26.2 Å². The predicted octanol–water partition coefficient (Wildman–Crippen LogP) is 3.18. The molecule has 1 saturated heterocycles. The first-order valence-corrected chi connectivity index (χ1v) is 6.27. The summed E-state index contributed by atoms with van der Waals surface area (Å²) in [4.78, 5) is 13.9. The molecule has 1 heterocycles. The normalized spacial score (nSPS) is 19.7. The van der Waals surface area contributed by atoms with Crippen LogP contribution in [-0.4, -0.2) is 12.5 Å². The second kappa shape index (κ2) is 5.17. The third-order valence-electron chi connectivity index (χ3n) is 3.29. The summed E-state index contributed by atoms with van der Waals surface area (Å²) in [5.74, 6) is 0.524. The quantitative estimate of drug-likeness (QED) is 0.726. The van der Waals surface area contributed by atoms with Crippen LogP contribution in [0.15, 0.2) is 36.9 Å². The smallest absolute Gasteiger partial charge is 0.227 e. The van der Waals surface area contributed by atoms with Crippen molar-refractivity contribution in [3.8, 4) is 0 Å². The Balaban J connectivity index is 2.27. The highest BCUT2D eigenvalue weighted by atomic mass is 16.2. The molecule has 2 heteroatoms. The summed E-state index contributed by atoms with van der Waals surface area (Å²) in [6, 6.07) is 8.21. The zero-order chi connectivity index (χ0) is 12.3. The van der Waals surface area contributed by atoms with Crippen LogP contribution in [0.25, 0.3) is 0 Å². The molecule has 1 aliphatic rings. The molecule has 2 nitrogen and oxygen atoms in total. The summed E-state index contributed by atoms with van der Waals surface area (Å²) < 4.78 is 0. The number of amides is 1. The van der Waals surface area contributed by atoms with Gasteiger partial charge < -0.3 is 4.90 Å². The molecule has 0 radical (unpaired) electrons. The molecule has 0 saturated carbocycles. The van der Waals surface area contributed by atoms with Gasteiger partial charge in [-0.1, -0.05) is 37.6 Å². The number of benzene rings is 1. The summed E-state index contributed by atoms with van der Waals surface area (Å²) in [6.45, 7) is 6.73. The fraction of sp³-hybridized carbons (Fsp3) is 0.400. The molecule has 1 amide bonds. The van der Waals surface area contributed by atoms with Gasteiger partial charge in [-0.3, -0.25) is 4.79 Å². The van der Waals surface area contributed by atoms with Crippen molar-refractivity contribution in [1.29, 1.82) is 0 Å². The molecule has 0 spiro atoms. The van der Waals surface area contributed by atoms with Crippen molar-refractivity contribution in [2.24, 2.45) is 5.92 Å². The van der Waals surface area contributed by atoms with Crippen LogP contribution < -0.4 is 4.90 Å². The van der Waals surface area contributed by atoms with Gasteiger partial charge in [-0.2, -0.15) is 0 Å². The molecular weight excluding hydrogens is 210 g/mol. The number of aryl methyl sites for hydroxylation is 1. The lowest BCUT2D eigenvalue weighted by Crippen LogP contribution is -2.25. The lowest BCUT2D eigenvalue weighted by atomic mass is 10.1. The fourth-order valence-electron chi connectivity index (χ4n) is 2.38. The minimum Gasteiger partial charge on any atom is -0.312 e. The van der Waals surface area contributed by atoms with E-state index in [-0.39, 0.29) is 5.91 Å². The monoisotopic (exact) mass is 229 g/mol. The summed E-state index contributed by atoms with van der Waals surface area (Å²) in [7, 11) is 0. The van der Waals surface area contributed by atoms with Gasteiger partial charge in [-0.05, 0) is 18.1 Å². The van der Waals surface area contributed by atoms with Crippen LogP contribution in [0.3, 0.4) is 0 Å². The molecule has 2 rings (SSSR count). The zero-order valence-electron chi connectivity index (χ0n) is 10.4. The van der Waals surface area contributed by atoms with E-state index >= 15 is 0 Å². The average Bonchev–Trinajstić information content (AvgIpc) is 2.72. The standard InChI is InChI=1S/C15H19NO/c1-3-7-13-8-5-6-9-14(13)16-11-12(4-2)10-15(16)17/h4-6,8-9,12H,2-3,7,10-11H2,1H3. The molecule has 1 fully saturated rings. The molecule has 0 aliphatic carbocycles. The summed E-state index contributed by atoms with van der Waals surface area (Å²) in [5.41, 5.74) is 2.36. The van der Waals surface area contributed by atoms with Crippen molar-refractivity contribution < 1.29 is 4.79 Å². The van der Waals surface area contributed by atoms with Gasteiger partial charge in [-0.15, -0.1) is 6.58 Å². The van der Waals surface area contributed by atoms with E-state index in [4.69, 9.17) is 0 Å². The number of anilines is 1. The van der Waals surface area contributed by atoms with Gasteiger partial charge in [0.15, 0.2) is 0 Å². The van der Waals surface area contributed by atoms with Crippen LogP contribution in [0, 0.1) is 5.92 Å². The van der Waals surface area contributed by atoms with Gasteiger partial charge >= 0.3 is 0 Å². The van der Waals surface area contributed by atoms with Crippen LogP contribution in [-0.2, 0) is 11.2 Å². The van der Waals surface area contributed by atoms with Gasteiger partial charge in [-0.25, -0.2) is 0 Å². The van der Waals surface area contributed by atoms with E-state index in [1.807, 2.05) is 29.2 Å². The van der Waals surface area contributed by atoms with E-state index in [9.17, 15) is 4.79 Å².